The molecule has 0 fully saturated rings. The van der Waals surface area contributed by atoms with Crippen LogP contribution in [-0.4, -0.2) is 37.0 Å². The summed E-state index contributed by atoms with van der Waals surface area (Å²) >= 11 is 0. The van der Waals surface area contributed by atoms with E-state index in [0.29, 0.717) is 22.9 Å². The number of carbonyl (C=O) groups excluding carboxylic acids is 1. The molecule has 0 bridgehead atoms. The number of para-hydroxylation sites is 1. The first-order valence-electron chi connectivity index (χ1n) is 11.8. The molecule has 37 heavy (non-hydrogen) atoms. The maximum atomic E-state index is 13.4. The Kier molecular flexibility index (Phi) is 6.55. The van der Waals surface area contributed by atoms with Crippen LogP contribution in [0.3, 0.4) is 0 Å². The van der Waals surface area contributed by atoms with Crippen molar-refractivity contribution in [2.24, 2.45) is 0 Å². The summed E-state index contributed by atoms with van der Waals surface area (Å²) in [6.45, 7) is 1.98. The van der Waals surface area contributed by atoms with Gasteiger partial charge in [-0.2, -0.15) is 5.10 Å². The normalized spacial score (nSPS) is 14.2. The number of carbonyl (C=O) groups is 1. The van der Waals surface area contributed by atoms with Crippen molar-refractivity contribution >= 4 is 23.1 Å². The van der Waals surface area contributed by atoms with Crippen LogP contribution in [-0.2, 0) is 0 Å². The third-order valence-electron chi connectivity index (χ3n) is 6.29. The number of ether oxygens (including phenoxy) is 3. The highest BCUT2D eigenvalue weighted by Crippen LogP contribution is 2.42. The van der Waals surface area contributed by atoms with Gasteiger partial charge < -0.3 is 24.8 Å². The Morgan fingerprint density at radius 2 is 1.78 bits per heavy atom. The number of hydrogen-bond donors (Lipinski definition) is 2. The molecule has 1 atom stereocenters. The largest absolute Gasteiger partial charge is 0.497 e. The smallest absolute Gasteiger partial charge is 0.261 e. The lowest BCUT2D eigenvalue weighted by Crippen LogP contribution is -2.22. The molecule has 1 aliphatic heterocycles. The fourth-order valence-corrected chi connectivity index (χ4v) is 4.51. The lowest BCUT2D eigenvalue weighted by Gasteiger charge is -2.27. The first-order chi connectivity index (χ1) is 18.0. The zero-order valence-electron chi connectivity index (χ0n) is 21.1. The molecule has 0 aliphatic carbocycles. The first kappa shape index (κ1) is 24.0. The molecule has 1 aliphatic rings. The molecule has 4 aromatic rings. The second-order valence-electron chi connectivity index (χ2n) is 8.64. The van der Waals surface area contributed by atoms with Crippen molar-refractivity contribution < 1.29 is 19.0 Å². The molecular formula is C29H28N4O4. The summed E-state index contributed by atoms with van der Waals surface area (Å²) in [5, 5.41) is 11.0. The number of nitrogens with zero attached hydrogens (tertiary/aromatic N) is 2. The van der Waals surface area contributed by atoms with Crippen molar-refractivity contribution in [1.82, 2.24) is 9.78 Å². The van der Waals surface area contributed by atoms with Crippen molar-refractivity contribution in [1.29, 1.82) is 0 Å². The highest BCUT2D eigenvalue weighted by atomic mass is 16.5. The molecule has 0 spiro atoms. The SMILES string of the molecule is COc1cccc(C2=C[C@H](c3cccc(OC)c3OC)n3ncc(C(=O)Nc4cccc(C)c4)c3N2)c1. The number of aromatic nitrogens is 2. The van der Waals surface area contributed by atoms with E-state index in [2.05, 4.69) is 15.7 Å². The van der Waals surface area contributed by atoms with E-state index in [4.69, 9.17) is 14.2 Å². The van der Waals surface area contributed by atoms with Crippen molar-refractivity contribution in [2.45, 2.75) is 13.0 Å². The second kappa shape index (κ2) is 10.1. The zero-order chi connectivity index (χ0) is 25.9. The number of methoxy groups -OCH3 is 3. The maximum Gasteiger partial charge on any atom is 0.261 e. The van der Waals surface area contributed by atoms with Crippen LogP contribution in [0.25, 0.3) is 5.70 Å². The molecule has 8 nitrogen and oxygen atoms in total. The Morgan fingerprint density at radius 3 is 2.54 bits per heavy atom. The Bertz CT molecular complexity index is 1490. The minimum atomic E-state index is -0.372. The minimum Gasteiger partial charge on any atom is -0.497 e. The molecule has 8 heteroatoms. The van der Waals surface area contributed by atoms with E-state index < -0.39 is 0 Å². The van der Waals surface area contributed by atoms with Gasteiger partial charge in [0.1, 0.15) is 23.2 Å². The third-order valence-corrected chi connectivity index (χ3v) is 6.29. The summed E-state index contributed by atoms with van der Waals surface area (Å²) in [4.78, 5) is 13.4. The van der Waals surface area contributed by atoms with Gasteiger partial charge in [0.15, 0.2) is 11.5 Å². The van der Waals surface area contributed by atoms with E-state index in [-0.39, 0.29) is 11.9 Å². The van der Waals surface area contributed by atoms with Crippen LogP contribution in [0, 0.1) is 6.92 Å². The summed E-state index contributed by atoms with van der Waals surface area (Å²) in [7, 11) is 4.85. The van der Waals surface area contributed by atoms with Crippen LogP contribution >= 0.6 is 0 Å². The lowest BCUT2D eigenvalue weighted by atomic mass is 9.99. The summed E-state index contributed by atoms with van der Waals surface area (Å²) in [5.41, 5.74) is 4.76. The van der Waals surface area contributed by atoms with Crippen LogP contribution in [0.15, 0.2) is 79.0 Å². The van der Waals surface area contributed by atoms with Crippen LogP contribution in [0.2, 0.25) is 0 Å². The van der Waals surface area contributed by atoms with Gasteiger partial charge in [0.25, 0.3) is 5.91 Å². The quantitative estimate of drug-likeness (QED) is 0.350. The number of benzene rings is 3. The topological polar surface area (TPSA) is 86.6 Å². The number of anilines is 2. The molecule has 1 aromatic heterocycles. The van der Waals surface area contributed by atoms with E-state index in [1.807, 2.05) is 79.7 Å². The average molecular weight is 497 g/mol. The van der Waals surface area contributed by atoms with E-state index in [1.54, 1.807) is 32.2 Å². The Labute approximate surface area is 215 Å². The molecule has 0 radical (unpaired) electrons. The number of nitrogens with one attached hydrogen (secondary N) is 2. The summed E-state index contributed by atoms with van der Waals surface area (Å²) in [6.07, 6.45) is 3.63. The molecule has 0 unspecified atom stereocenters. The van der Waals surface area contributed by atoms with Gasteiger partial charge >= 0.3 is 0 Å². The van der Waals surface area contributed by atoms with E-state index in [9.17, 15) is 4.79 Å². The maximum absolute atomic E-state index is 13.4. The Balaban J connectivity index is 1.62. The number of allylic oxidation sites excluding steroid dienone is 1. The van der Waals surface area contributed by atoms with Crippen LogP contribution < -0.4 is 24.8 Å². The molecule has 3 aromatic carbocycles. The Morgan fingerprint density at radius 1 is 0.973 bits per heavy atom. The molecule has 2 heterocycles. The molecular weight excluding hydrogens is 468 g/mol. The average Bonchev–Trinajstić information content (AvgIpc) is 3.36. The van der Waals surface area contributed by atoms with Gasteiger partial charge in [-0.1, -0.05) is 36.4 Å². The standard InChI is InChI=1S/C29H28N4O4/c1-18-8-5-10-20(14-18)31-29(34)23-17-30-33-25(22-12-7-13-26(36-3)27(22)37-4)16-24(32-28(23)33)19-9-6-11-21(15-19)35-2/h5-17,25,32H,1-4H3,(H,31,34)/t25-/m1/s1. The molecule has 2 N–H and O–H groups in total. The van der Waals surface area contributed by atoms with Gasteiger partial charge in [-0.05, 0) is 48.9 Å². The van der Waals surface area contributed by atoms with Crippen LogP contribution in [0.4, 0.5) is 11.5 Å². The van der Waals surface area contributed by atoms with Gasteiger partial charge in [0.2, 0.25) is 0 Å². The molecule has 5 rings (SSSR count). The number of hydrogen-bond acceptors (Lipinski definition) is 6. The van der Waals surface area contributed by atoms with Crippen molar-refractivity contribution in [3.63, 3.8) is 0 Å². The number of fused-ring (bicyclic) bond motifs is 1. The Hall–Kier alpha value is -4.72. The number of aryl methyl sites for hydroxylation is 1. The predicted octanol–water partition coefficient (Wildman–Crippen LogP) is 5.53. The highest BCUT2D eigenvalue weighted by molar-refractivity contribution is 6.08. The van der Waals surface area contributed by atoms with Gasteiger partial charge in [-0.25, -0.2) is 4.68 Å². The fourth-order valence-electron chi connectivity index (χ4n) is 4.51. The molecule has 188 valence electrons. The molecule has 0 saturated carbocycles. The van der Waals surface area contributed by atoms with E-state index >= 15 is 0 Å². The first-order valence-corrected chi connectivity index (χ1v) is 11.8. The van der Waals surface area contributed by atoms with Gasteiger partial charge in [0.05, 0.1) is 27.5 Å². The fraction of sp³-hybridized carbons (Fsp3) is 0.172. The van der Waals surface area contributed by atoms with Crippen LogP contribution in [0.5, 0.6) is 17.2 Å². The van der Waals surface area contributed by atoms with E-state index in [0.717, 1.165) is 33.8 Å². The highest BCUT2D eigenvalue weighted by Gasteiger charge is 2.30. The van der Waals surface area contributed by atoms with E-state index in [1.165, 1.54) is 0 Å². The zero-order valence-corrected chi connectivity index (χ0v) is 21.1. The third kappa shape index (κ3) is 4.61. The van der Waals surface area contributed by atoms with Crippen LogP contribution in [0.1, 0.15) is 33.1 Å². The summed E-state index contributed by atoms with van der Waals surface area (Å²) < 4.78 is 18.5. The second-order valence-corrected chi connectivity index (χ2v) is 8.64. The lowest BCUT2D eigenvalue weighted by molar-refractivity contribution is 0.102. The molecule has 1 amide bonds. The van der Waals surface area contributed by atoms with Crippen molar-refractivity contribution in [2.75, 3.05) is 32.0 Å². The van der Waals surface area contributed by atoms with Gasteiger partial charge in [0, 0.05) is 22.5 Å². The van der Waals surface area contributed by atoms with Crippen molar-refractivity contribution in [3.8, 4) is 17.2 Å². The minimum absolute atomic E-state index is 0.261. The van der Waals surface area contributed by atoms with Gasteiger partial charge in [-0.15, -0.1) is 0 Å². The summed E-state index contributed by atoms with van der Waals surface area (Å²) in [5.74, 6) is 2.25. The van der Waals surface area contributed by atoms with Gasteiger partial charge in [-0.3, -0.25) is 4.79 Å². The number of rotatable bonds is 7. The summed E-state index contributed by atoms with van der Waals surface area (Å²) in [6, 6.07) is 20.8. The molecule has 0 saturated heterocycles. The predicted molar refractivity (Wildman–Crippen MR) is 144 cm³/mol. The van der Waals surface area contributed by atoms with Crippen molar-refractivity contribution in [3.05, 3.63) is 101 Å². The number of amides is 1. The monoisotopic (exact) mass is 496 g/mol.